The topological polar surface area (TPSA) is 12.0 Å². The highest BCUT2D eigenvalue weighted by molar-refractivity contribution is 6.30. The van der Waals surface area contributed by atoms with Gasteiger partial charge in [-0.2, -0.15) is 0 Å². The third-order valence-corrected chi connectivity index (χ3v) is 2.16. The molecule has 3 heteroatoms. The van der Waals surface area contributed by atoms with Crippen molar-refractivity contribution in [3.63, 3.8) is 0 Å². The summed E-state index contributed by atoms with van der Waals surface area (Å²) in [6, 6.07) is 4.66. The second kappa shape index (κ2) is 5.99. The Balaban J connectivity index is 2.42. The second-order valence-corrected chi connectivity index (χ2v) is 3.71. The van der Waals surface area contributed by atoms with Gasteiger partial charge in [0.15, 0.2) is 0 Å². The summed E-state index contributed by atoms with van der Waals surface area (Å²) in [5, 5.41) is 3.72. The van der Waals surface area contributed by atoms with E-state index < -0.39 is 0 Å². The van der Waals surface area contributed by atoms with Crippen molar-refractivity contribution in [1.29, 1.82) is 0 Å². The number of halogens is 2. The van der Waals surface area contributed by atoms with E-state index in [1.165, 1.54) is 12.1 Å². The zero-order valence-electron chi connectivity index (χ0n) is 8.32. The van der Waals surface area contributed by atoms with Crippen molar-refractivity contribution >= 4 is 11.6 Å². The minimum Gasteiger partial charge on any atom is -0.316 e. The molecule has 0 fully saturated rings. The Labute approximate surface area is 89.3 Å². The van der Waals surface area contributed by atoms with Crippen LogP contribution in [-0.4, -0.2) is 13.1 Å². The maximum absolute atomic E-state index is 12.9. The van der Waals surface area contributed by atoms with Gasteiger partial charge in [0.1, 0.15) is 5.82 Å². The third-order valence-electron chi connectivity index (χ3n) is 1.94. The molecule has 0 saturated carbocycles. The minimum absolute atomic E-state index is 0.261. The molecule has 1 N–H and O–H groups in total. The number of rotatable bonds is 5. The summed E-state index contributed by atoms with van der Waals surface area (Å²) in [4.78, 5) is 0. The molecule has 0 unspecified atom stereocenters. The summed E-state index contributed by atoms with van der Waals surface area (Å²) in [6.45, 7) is 3.99. The number of hydrogen-bond donors (Lipinski definition) is 1. The van der Waals surface area contributed by atoms with Gasteiger partial charge < -0.3 is 5.32 Å². The van der Waals surface area contributed by atoms with Crippen molar-refractivity contribution in [2.24, 2.45) is 0 Å². The van der Waals surface area contributed by atoms with E-state index in [1.807, 2.05) is 0 Å². The zero-order valence-corrected chi connectivity index (χ0v) is 9.07. The Morgan fingerprint density at radius 1 is 1.29 bits per heavy atom. The Morgan fingerprint density at radius 2 is 2.07 bits per heavy atom. The molecule has 0 aromatic heterocycles. The molecule has 0 bridgehead atoms. The van der Waals surface area contributed by atoms with Crippen LogP contribution in [0.3, 0.4) is 0 Å². The summed E-state index contributed by atoms with van der Waals surface area (Å²) in [6.07, 6.45) is 1.93. The predicted octanol–water partition coefficient (Wildman–Crippen LogP) is 3.02. The van der Waals surface area contributed by atoms with E-state index in [9.17, 15) is 4.39 Å². The highest BCUT2D eigenvalue weighted by Crippen LogP contribution is 2.14. The van der Waals surface area contributed by atoms with E-state index in [2.05, 4.69) is 12.2 Å². The molecule has 1 rings (SSSR count). The molecule has 78 valence electrons. The van der Waals surface area contributed by atoms with E-state index in [0.717, 1.165) is 31.5 Å². The van der Waals surface area contributed by atoms with Crippen molar-refractivity contribution in [3.05, 3.63) is 34.6 Å². The van der Waals surface area contributed by atoms with Crippen LogP contribution in [0.1, 0.15) is 18.9 Å². The second-order valence-electron chi connectivity index (χ2n) is 3.28. The molecule has 1 nitrogen and oxygen atoms in total. The van der Waals surface area contributed by atoms with Gasteiger partial charge in [0.2, 0.25) is 0 Å². The summed E-state index contributed by atoms with van der Waals surface area (Å²) in [7, 11) is 0. The summed E-state index contributed by atoms with van der Waals surface area (Å²) < 4.78 is 12.9. The Kier molecular flexibility index (Phi) is 4.91. The van der Waals surface area contributed by atoms with Crippen LogP contribution >= 0.6 is 11.6 Å². The quantitative estimate of drug-likeness (QED) is 0.745. The Morgan fingerprint density at radius 3 is 2.71 bits per heavy atom. The van der Waals surface area contributed by atoms with Gasteiger partial charge >= 0.3 is 0 Å². The highest BCUT2D eigenvalue weighted by atomic mass is 35.5. The number of hydrogen-bond acceptors (Lipinski definition) is 1. The molecule has 0 saturated heterocycles. The summed E-state index contributed by atoms with van der Waals surface area (Å²) in [5.74, 6) is -0.261. The van der Waals surface area contributed by atoms with Gasteiger partial charge in [-0.25, -0.2) is 4.39 Å². The van der Waals surface area contributed by atoms with Gasteiger partial charge in [-0.15, -0.1) is 0 Å². The van der Waals surface area contributed by atoms with Crippen molar-refractivity contribution in [2.75, 3.05) is 13.1 Å². The molecule has 1 aromatic carbocycles. The Bertz CT molecular complexity index is 268. The van der Waals surface area contributed by atoms with Gasteiger partial charge in [0, 0.05) is 5.02 Å². The first-order valence-corrected chi connectivity index (χ1v) is 5.26. The molecule has 14 heavy (non-hydrogen) atoms. The van der Waals surface area contributed by atoms with Crippen LogP contribution in [-0.2, 0) is 6.42 Å². The number of nitrogens with one attached hydrogen (secondary N) is 1. The lowest BCUT2D eigenvalue weighted by molar-refractivity contribution is 0.622. The average Bonchev–Trinajstić information content (AvgIpc) is 2.11. The fourth-order valence-corrected chi connectivity index (χ4v) is 1.53. The molecule has 0 radical (unpaired) electrons. The molecule has 0 aliphatic carbocycles. The van der Waals surface area contributed by atoms with Gasteiger partial charge in [-0.1, -0.05) is 18.5 Å². The van der Waals surface area contributed by atoms with Gasteiger partial charge in [-0.3, -0.25) is 0 Å². The molecule has 0 atom stereocenters. The van der Waals surface area contributed by atoms with Crippen LogP contribution in [0.5, 0.6) is 0 Å². The van der Waals surface area contributed by atoms with Crippen LogP contribution in [0.2, 0.25) is 5.02 Å². The van der Waals surface area contributed by atoms with Crippen LogP contribution in [0.15, 0.2) is 18.2 Å². The van der Waals surface area contributed by atoms with Gasteiger partial charge in [0.25, 0.3) is 0 Å². The fourth-order valence-electron chi connectivity index (χ4n) is 1.29. The van der Waals surface area contributed by atoms with Gasteiger partial charge in [-0.05, 0) is 49.7 Å². The molecule has 1 aromatic rings. The summed E-state index contributed by atoms with van der Waals surface area (Å²) >= 11 is 5.73. The van der Waals surface area contributed by atoms with Crippen LogP contribution < -0.4 is 5.32 Å². The molecule has 0 heterocycles. The first kappa shape index (κ1) is 11.5. The van der Waals surface area contributed by atoms with Crippen molar-refractivity contribution in [3.8, 4) is 0 Å². The monoisotopic (exact) mass is 215 g/mol. The lowest BCUT2D eigenvalue weighted by atomic mass is 10.1. The first-order valence-electron chi connectivity index (χ1n) is 4.88. The number of benzene rings is 1. The van der Waals surface area contributed by atoms with Crippen molar-refractivity contribution in [1.82, 2.24) is 5.32 Å². The molecule has 0 amide bonds. The van der Waals surface area contributed by atoms with Crippen LogP contribution in [0, 0.1) is 5.82 Å². The molecular weight excluding hydrogens is 201 g/mol. The normalized spacial score (nSPS) is 10.5. The predicted molar refractivity (Wildman–Crippen MR) is 58.3 cm³/mol. The van der Waals surface area contributed by atoms with E-state index in [4.69, 9.17) is 11.6 Å². The van der Waals surface area contributed by atoms with Crippen LogP contribution in [0.25, 0.3) is 0 Å². The third kappa shape index (κ3) is 4.07. The maximum atomic E-state index is 12.9. The molecule has 0 spiro atoms. The Hall–Kier alpha value is -0.600. The standard InChI is InChI=1S/C11H15ClFN/c1-2-4-14-5-3-9-6-10(12)8-11(13)7-9/h6-8,14H,2-5H2,1H3. The molecule has 0 aliphatic rings. The molecule has 0 aliphatic heterocycles. The van der Waals surface area contributed by atoms with Crippen molar-refractivity contribution in [2.45, 2.75) is 19.8 Å². The van der Waals surface area contributed by atoms with Crippen LogP contribution in [0.4, 0.5) is 4.39 Å². The smallest absolute Gasteiger partial charge is 0.124 e. The lowest BCUT2D eigenvalue weighted by Gasteiger charge is -2.04. The van der Waals surface area contributed by atoms with E-state index in [0.29, 0.717) is 5.02 Å². The largest absolute Gasteiger partial charge is 0.316 e. The highest BCUT2D eigenvalue weighted by Gasteiger charge is 1.98. The summed E-state index contributed by atoms with van der Waals surface area (Å²) in [5.41, 5.74) is 0.943. The first-order chi connectivity index (χ1) is 6.72. The fraction of sp³-hybridized carbons (Fsp3) is 0.455. The zero-order chi connectivity index (χ0) is 10.4. The van der Waals surface area contributed by atoms with E-state index in [1.54, 1.807) is 6.07 Å². The van der Waals surface area contributed by atoms with Gasteiger partial charge in [0.05, 0.1) is 0 Å². The van der Waals surface area contributed by atoms with Crippen molar-refractivity contribution < 1.29 is 4.39 Å². The lowest BCUT2D eigenvalue weighted by Crippen LogP contribution is -2.17. The average molecular weight is 216 g/mol. The SMILES string of the molecule is CCCNCCc1cc(F)cc(Cl)c1. The minimum atomic E-state index is -0.261. The van der Waals surface area contributed by atoms with E-state index >= 15 is 0 Å². The molecular formula is C11H15ClFN. The van der Waals surface area contributed by atoms with E-state index in [-0.39, 0.29) is 5.82 Å². The maximum Gasteiger partial charge on any atom is 0.124 e.